The molecular formula is C12H11BrClN3. The van der Waals surface area contributed by atoms with Crippen LogP contribution in [0.2, 0.25) is 5.02 Å². The molecule has 0 saturated heterocycles. The van der Waals surface area contributed by atoms with Gasteiger partial charge in [0.2, 0.25) is 0 Å². The van der Waals surface area contributed by atoms with E-state index in [2.05, 4.69) is 26.2 Å². The van der Waals surface area contributed by atoms with Crippen LogP contribution in [0.25, 0.3) is 0 Å². The quantitative estimate of drug-likeness (QED) is 0.908. The third kappa shape index (κ3) is 3.11. The van der Waals surface area contributed by atoms with Crippen LogP contribution in [-0.4, -0.2) is 4.98 Å². The molecule has 0 spiro atoms. The molecule has 5 heteroatoms. The summed E-state index contributed by atoms with van der Waals surface area (Å²) in [5, 5.41) is 4.00. The van der Waals surface area contributed by atoms with Crippen LogP contribution < -0.4 is 11.1 Å². The van der Waals surface area contributed by atoms with Gasteiger partial charge in [0, 0.05) is 17.8 Å². The van der Waals surface area contributed by atoms with Crippen molar-refractivity contribution in [2.75, 3.05) is 11.1 Å². The van der Waals surface area contributed by atoms with Crippen molar-refractivity contribution in [1.29, 1.82) is 0 Å². The van der Waals surface area contributed by atoms with E-state index < -0.39 is 0 Å². The van der Waals surface area contributed by atoms with Crippen LogP contribution in [0.1, 0.15) is 5.56 Å². The highest BCUT2D eigenvalue weighted by Crippen LogP contribution is 2.27. The van der Waals surface area contributed by atoms with Gasteiger partial charge in [-0.3, -0.25) is 4.98 Å². The molecule has 0 saturated carbocycles. The van der Waals surface area contributed by atoms with Crippen molar-refractivity contribution in [3.8, 4) is 0 Å². The molecule has 0 unspecified atom stereocenters. The molecule has 0 aliphatic carbocycles. The van der Waals surface area contributed by atoms with Gasteiger partial charge in [0.15, 0.2) is 0 Å². The number of nitrogens with one attached hydrogen (secondary N) is 1. The molecule has 0 amide bonds. The van der Waals surface area contributed by atoms with E-state index in [1.807, 2.05) is 24.3 Å². The van der Waals surface area contributed by atoms with Crippen molar-refractivity contribution in [2.45, 2.75) is 6.54 Å². The summed E-state index contributed by atoms with van der Waals surface area (Å²) in [5.41, 5.74) is 8.45. The van der Waals surface area contributed by atoms with Gasteiger partial charge in [0.1, 0.15) is 0 Å². The highest BCUT2D eigenvalue weighted by atomic mass is 79.9. The molecule has 0 bridgehead atoms. The summed E-state index contributed by atoms with van der Waals surface area (Å²) >= 11 is 9.23. The summed E-state index contributed by atoms with van der Waals surface area (Å²) in [6.07, 6.45) is 3.33. The number of nitrogen functional groups attached to an aromatic ring is 1. The first kappa shape index (κ1) is 12.2. The van der Waals surface area contributed by atoms with Gasteiger partial charge < -0.3 is 11.1 Å². The monoisotopic (exact) mass is 311 g/mol. The second kappa shape index (κ2) is 5.38. The molecule has 2 aromatic rings. The van der Waals surface area contributed by atoms with E-state index in [-0.39, 0.29) is 0 Å². The topological polar surface area (TPSA) is 50.9 Å². The van der Waals surface area contributed by atoms with Gasteiger partial charge in [0.25, 0.3) is 0 Å². The van der Waals surface area contributed by atoms with Crippen LogP contribution in [0.5, 0.6) is 0 Å². The molecule has 3 N–H and O–H groups in total. The SMILES string of the molecule is Nc1cncc(Br)c1NCc1ccc(Cl)cc1. The van der Waals surface area contributed by atoms with Gasteiger partial charge in [-0.1, -0.05) is 23.7 Å². The van der Waals surface area contributed by atoms with E-state index in [1.165, 1.54) is 0 Å². The lowest BCUT2D eigenvalue weighted by Gasteiger charge is -2.10. The zero-order chi connectivity index (χ0) is 12.3. The second-order valence-electron chi connectivity index (χ2n) is 3.57. The van der Waals surface area contributed by atoms with E-state index >= 15 is 0 Å². The van der Waals surface area contributed by atoms with Crippen LogP contribution in [0.15, 0.2) is 41.1 Å². The average molecular weight is 313 g/mol. The summed E-state index contributed by atoms with van der Waals surface area (Å²) in [7, 11) is 0. The first-order valence-corrected chi connectivity index (χ1v) is 6.21. The van der Waals surface area contributed by atoms with Crippen LogP contribution in [0, 0.1) is 0 Å². The number of anilines is 2. The van der Waals surface area contributed by atoms with Crippen molar-refractivity contribution in [1.82, 2.24) is 4.98 Å². The minimum absolute atomic E-state index is 0.619. The van der Waals surface area contributed by atoms with Gasteiger partial charge in [-0.25, -0.2) is 0 Å². The summed E-state index contributed by atoms with van der Waals surface area (Å²) in [5.74, 6) is 0. The number of halogens is 2. The van der Waals surface area contributed by atoms with E-state index in [0.717, 1.165) is 20.7 Å². The number of nitrogens with zero attached hydrogens (tertiary/aromatic N) is 1. The Morgan fingerprint density at radius 1 is 1.24 bits per heavy atom. The van der Waals surface area contributed by atoms with Crippen molar-refractivity contribution >= 4 is 38.9 Å². The van der Waals surface area contributed by atoms with Gasteiger partial charge >= 0.3 is 0 Å². The van der Waals surface area contributed by atoms with E-state index in [4.69, 9.17) is 17.3 Å². The summed E-state index contributed by atoms with van der Waals surface area (Å²) in [6, 6.07) is 7.67. The first-order valence-electron chi connectivity index (χ1n) is 5.04. The van der Waals surface area contributed by atoms with E-state index in [9.17, 15) is 0 Å². The Hall–Kier alpha value is -1.26. The molecule has 0 radical (unpaired) electrons. The molecule has 1 aromatic carbocycles. The Morgan fingerprint density at radius 2 is 1.94 bits per heavy atom. The third-order valence-corrected chi connectivity index (χ3v) is 3.16. The largest absolute Gasteiger partial charge is 0.396 e. The number of rotatable bonds is 3. The second-order valence-corrected chi connectivity index (χ2v) is 4.86. The smallest absolute Gasteiger partial charge is 0.0752 e. The molecule has 3 nitrogen and oxygen atoms in total. The number of hydrogen-bond acceptors (Lipinski definition) is 3. The Balaban J connectivity index is 2.10. The van der Waals surface area contributed by atoms with Gasteiger partial charge in [-0.05, 0) is 33.6 Å². The molecular weight excluding hydrogens is 302 g/mol. The zero-order valence-electron chi connectivity index (χ0n) is 8.95. The highest BCUT2D eigenvalue weighted by Gasteiger charge is 2.04. The van der Waals surface area contributed by atoms with Crippen LogP contribution >= 0.6 is 27.5 Å². The lowest BCUT2D eigenvalue weighted by molar-refractivity contribution is 1.14. The Kier molecular flexibility index (Phi) is 3.86. The Morgan fingerprint density at radius 3 is 2.59 bits per heavy atom. The van der Waals surface area contributed by atoms with Crippen LogP contribution in [0.3, 0.4) is 0 Å². The Labute approximate surface area is 113 Å². The normalized spacial score (nSPS) is 10.2. The predicted octanol–water partition coefficient (Wildman–Crippen LogP) is 3.69. The standard InChI is InChI=1S/C12H11BrClN3/c13-10-6-16-7-11(15)12(10)17-5-8-1-3-9(14)4-2-8/h1-4,6-7H,5,15H2,(H,16,17). The van der Waals surface area contributed by atoms with Crippen molar-refractivity contribution in [3.05, 3.63) is 51.7 Å². The zero-order valence-corrected chi connectivity index (χ0v) is 11.3. The fraction of sp³-hybridized carbons (Fsp3) is 0.0833. The van der Waals surface area contributed by atoms with Crippen LogP contribution in [0.4, 0.5) is 11.4 Å². The number of nitrogens with two attached hydrogens (primary N) is 1. The Bertz CT molecular complexity index is 493. The van der Waals surface area contributed by atoms with E-state index in [0.29, 0.717) is 12.2 Å². The molecule has 1 heterocycles. The summed E-state index contributed by atoms with van der Waals surface area (Å²) in [4.78, 5) is 3.98. The highest BCUT2D eigenvalue weighted by molar-refractivity contribution is 9.10. The maximum Gasteiger partial charge on any atom is 0.0752 e. The third-order valence-electron chi connectivity index (χ3n) is 2.31. The fourth-order valence-corrected chi connectivity index (χ4v) is 2.04. The van der Waals surface area contributed by atoms with Crippen molar-refractivity contribution in [2.24, 2.45) is 0 Å². The molecule has 0 atom stereocenters. The lowest BCUT2D eigenvalue weighted by atomic mass is 10.2. The maximum atomic E-state index is 5.83. The summed E-state index contributed by atoms with van der Waals surface area (Å²) < 4.78 is 0.853. The minimum atomic E-state index is 0.619. The maximum absolute atomic E-state index is 5.83. The van der Waals surface area contributed by atoms with Gasteiger partial charge in [-0.2, -0.15) is 0 Å². The molecule has 0 fully saturated rings. The van der Waals surface area contributed by atoms with Gasteiger partial charge in [-0.15, -0.1) is 0 Å². The fourth-order valence-electron chi connectivity index (χ4n) is 1.43. The summed E-state index contributed by atoms with van der Waals surface area (Å²) in [6.45, 7) is 0.685. The molecule has 1 aromatic heterocycles. The number of pyridine rings is 1. The number of hydrogen-bond donors (Lipinski definition) is 2. The number of benzene rings is 1. The molecule has 2 rings (SSSR count). The van der Waals surface area contributed by atoms with E-state index in [1.54, 1.807) is 12.4 Å². The van der Waals surface area contributed by atoms with Crippen molar-refractivity contribution < 1.29 is 0 Å². The molecule has 0 aliphatic rings. The number of aromatic nitrogens is 1. The molecule has 88 valence electrons. The lowest BCUT2D eigenvalue weighted by Crippen LogP contribution is -2.03. The molecule has 17 heavy (non-hydrogen) atoms. The first-order chi connectivity index (χ1) is 8.16. The average Bonchev–Trinajstić information content (AvgIpc) is 2.31. The van der Waals surface area contributed by atoms with Crippen molar-refractivity contribution in [3.63, 3.8) is 0 Å². The van der Waals surface area contributed by atoms with Gasteiger partial charge in [0.05, 0.1) is 22.0 Å². The minimum Gasteiger partial charge on any atom is -0.396 e. The van der Waals surface area contributed by atoms with Crippen LogP contribution in [-0.2, 0) is 6.54 Å². The predicted molar refractivity (Wildman–Crippen MR) is 75.1 cm³/mol. The molecule has 0 aliphatic heterocycles.